The summed E-state index contributed by atoms with van der Waals surface area (Å²) in [5.41, 5.74) is 1.29. The quantitative estimate of drug-likeness (QED) is 0.887. The van der Waals surface area contributed by atoms with Crippen molar-refractivity contribution in [3.05, 3.63) is 40.9 Å². The second-order valence-electron chi connectivity index (χ2n) is 4.79. The van der Waals surface area contributed by atoms with E-state index in [1.54, 1.807) is 0 Å². The van der Waals surface area contributed by atoms with Gasteiger partial charge >= 0.3 is 0 Å². The molecule has 1 amide bonds. The average Bonchev–Trinajstić information content (AvgIpc) is 2.92. The zero-order chi connectivity index (χ0) is 14.4. The second-order valence-corrected chi connectivity index (χ2v) is 5.85. The number of nitrogens with one attached hydrogen (secondary N) is 1. The highest BCUT2D eigenvalue weighted by Gasteiger charge is 2.13. The van der Waals surface area contributed by atoms with Crippen LogP contribution < -0.4 is 5.32 Å². The Hall–Kier alpha value is -1.75. The summed E-state index contributed by atoms with van der Waals surface area (Å²) in [6.07, 6.45) is 2.61. The summed E-state index contributed by atoms with van der Waals surface area (Å²) in [6, 6.07) is 10.3. The number of hydrogen-bond donors (Lipinski definition) is 1. The van der Waals surface area contributed by atoms with Crippen LogP contribution in [0.25, 0.3) is 0 Å². The van der Waals surface area contributed by atoms with Gasteiger partial charge in [0.1, 0.15) is 5.01 Å². The van der Waals surface area contributed by atoms with Crippen molar-refractivity contribution in [1.82, 2.24) is 10.2 Å². The van der Waals surface area contributed by atoms with Gasteiger partial charge in [0, 0.05) is 12.3 Å². The lowest BCUT2D eigenvalue weighted by molar-refractivity contribution is -0.119. The monoisotopic (exact) mass is 289 g/mol. The van der Waals surface area contributed by atoms with Crippen molar-refractivity contribution >= 4 is 22.4 Å². The number of nitrogens with zero attached hydrogens (tertiary/aromatic N) is 2. The molecule has 0 aliphatic carbocycles. The molecular weight excluding hydrogens is 270 g/mol. The van der Waals surface area contributed by atoms with Crippen LogP contribution in [0.1, 0.15) is 30.8 Å². The molecular formula is C15H19N3OS. The summed E-state index contributed by atoms with van der Waals surface area (Å²) >= 11 is 1.45. The van der Waals surface area contributed by atoms with Gasteiger partial charge in [0.15, 0.2) is 0 Å². The van der Waals surface area contributed by atoms with Gasteiger partial charge in [0.25, 0.3) is 0 Å². The van der Waals surface area contributed by atoms with Crippen LogP contribution in [0.3, 0.4) is 0 Å². The number of benzene rings is 1. The first-order valence-electron chi connectivity index (χ1n) is 6.86. The molecule has 0 aliphatic heterocycles. The third-order valence-corrected chi connectivity index (χ3v) is 4.13. The summed E-state index contributed by atoms with van der Waals surface area (Å²) in [4.78, 5) is 11.8. The van der Waals surface area contributed by atoms with Crippen molar-refractivity contribution in [2.24, 2.45) is 5.92 Å². The number of rotatable bonds is 6. The lowest BCUT2D eigenvalue weighted by Gasteiger charge is -2.06. The van der Waals surface area contributed by atoms with Crippen LogP contribution >= 0.6 is 11.3 Å². The molecule has 1 heterocycles. The van der Waals surface area contributed by atoms with Crippen LogP contribution in [-0.4, -0.2) is 16.1 Å². The predicted molar refractivity (Wildman–Crippen MR) is 81.8 cm³/mol. The third-order valence-electron chi connectivity index (χ3n) is 3.23. The molecule has 0 unspecified atom stereocenters. The van der Waals surface area contributed by atoms with Crippen LogP contribution in [0.5, 0.6) is 0 Å². The van der Waals surface area contributed by atoms with Crippen LogP contribution in [0, 0.1) is 5.92 Å². The maximum atomic E-state index is 11.8. The summed E-state index contributed by atoms with van der Waals surface area (Å²) < 4.78 is 0. The zero-order valence-corrected chi connectivity index (χ0v) is 12.6. The molecule has 106 valence electrons. The van der Waals surface area contributed by atoms with E-state index >= 15 is 0 Å². The Morgan fingerprint density at radius 1 is 1.25 bits per heavy atom. The number of amides is 1. The van der Waals surface area contributed by atoms with Gasteiger partial charge in [0.05, 0.1) is 0 Å². The molecule has 1 aromatic carbocycles. The molecule has 5 heteroatoms. The first kappa shape index (κ1) is 14.7. The lowest BCUT2D eigenvalue weighted by atomic mass is 10.1. The number of aromatic nitrogens is 2. The molecule has 1 atom stereocenters. The fraction of sp³-hybridized carbons (Fsp3) is 0.400. The van der Waals surface area contributed by atoms with E-state index in [1.165, 1.54) is 16.9 Å². The maximum Gasteiger partial charge on any atom is 0.229 e. The van der Waals surface area contributed by atoms with E-state index in [0.29, 0.717) is 5.13 Å². The van der Waals surface area contributed by atoms with E-state index < -0.39 is 0 Å². The lowest BCUT2D eigenvalue weighted by Crippen LogP contribution is -2.19. The van der Waals surface area contributed by atoms with Gasteiger partial charge in [-0.1, -0.05) is 55.5 Å². The van der Waals surface area contributed by atoms with Gasteiger partial charge in [-0.25, -0.2) is 0 Å². The minimum atomic E-state index is 0.00617. The summed E-state index contributed by atoms with van der Waals surface area (Å²) in [7, 11) is 0. The molecule has 0 fully saturated rings. The Kier molecular flexibility index (Phi) is 5.24. The maximum absolute atomic E-state index is 11.8. The van der Waals surface area contributed by atoms with Gasteiger partial charge in [-0.3, -0.25) is 4.79 Å². The number of carbonyl (C=O) groups is 1. The van der Waals surface area contributed by atoms with Crippen molar-refractivity contribution in [3.63, 3.8) is 0 Å². The topological polar surface area (TPSA) is 54.9 Å². The van der Waals surface area contributed by atoms with Crippen molar-refractivity contribution < 1.29 is 4.79 Å². The first-order valence-corrected chi connectivity index (χ1v) is 7.68. The van der Waals surface area contributed by atoms with Crippen LogP contribution in [0.4, 0.5) is 5.13 Å². The third kappa shape index (κ3) is 4.13. The van der Waals surface area contributed by atoms with E-state index in [1.807, 2.05) is 32.0 Å². The Labute approximate surface area is 123 Å². The molecule has 0 radical (unpaired) electrons. The molecule has 0 saturated carbocycles. The molecule has 1 aromatic heterocycles. The zero-order valence-electron chi connectivity index (χ0n) is 11.8. The molecule has 0 spiro atoms. The molecule has 4 nitrogen and oxygen atoms in total. The van der Waals surface area contributed by atoms with Crippen LogP contribution in [-0.2, 0) is 17.6 Å². The van der Waals surface area contributed by atoms with Gasteiger partial charge in [-0.15, -0.1) is 10.2 Å². The standard InChI is InChI=1S/C15H19N3OS/c1-3-11(2)14(19)16-15-18-17-13(20-15)10-9-12-7-5-4-6-8-12/h4-8,11H,3,9-10H2,1-2H3,(H,16,18,19)/t11-/m1/s1. The van der Waals surface area contributed by atoms with E-state index in [2.05, 4.69) is 27.6 Å². The highest BCUT2D eigenvalue weighted by molar-refractivity contribution is 7.15. The minimum Gasteiger partial charge on any atom is -0.300 e. The van der Waals surface area contributed by atoms with Crippen LogP contribution in [0.2, 0.25) is 0 Å². The van der Waals surface area contributed by atoms with E-state index in [4.69, 9.17) is 0 Å². The Balaban J connectivity index is 1.88. The fourth-order valence-corrected chi connectivity index (χ4v) is 2.46. The van der Waals surface area contributed by atoms with E-state index in [0.717, 1.165) is 24.3 Å². The highest BCUT2D eigenvalue weighted by Crippen LogP contribution is 2.18. The van der Waals surface area contributed by atoms with Crippen molar-refractivity contribution in [1.29, 1.82) is 0 Å². The Morgan fingerprint density at radius 2 is 2.00 bits per heavy atom. The smallest absolute Gasteiger partial charge is 0.229 e. The molecule has 2 aromatic rings. The number of aryl methyl sites for hydroxylation is 2. The first-order chi connectivity index (χ1) is 9.69. The van der Waals surface area contributed by atoms with Gasteiger partial charge in [-0.05, 0) is 18.4 Å². The summed E-state index contributed by atoms with van der Waals surface area (Å²) in [6.45, 7) is 3.91. The van der Waals surface area contributed by atoms with Crippen molar-refractivity contribution in [3.8, 4) is 0 Å². The van der Waals surface area contributed by atoms with Crippen molar-refractivity contribution in [2.45, 2.75) is 33.1 Å². The molecule has 20 heavy (non-hydrogen) atoms. The van der Waals surface area contributed by atoms with Crippen molar-refractivity contribution in [2.75, 3.05) is 5.32 Å². The van der Waals surface area contributed by atoms with E-state index in [9.17, 15) is 4.79 Å². The number of anilines is 1. The van der Waals surface area contributed by atoms with Gasteiger partial charge in [0.2, 0.25) is 11.0 Å². The molecule has 0 bridgehead atoms. The molecule has 0 saturated heterocycles. The van der Waals surface area contributed by atoms with E-state index in [-0.39, 0.29) is 11.8 Å². The highest BCUT2D eigenvalue weighted by atomic mass is 32.1. The normalized spacial score (nSPS) is 12.1. The average molecular weight is 289 g/mol. The largest absolute Gasteiger partial charge is 0.300 e. The number of carbonyl (C=O) groups excluding carboxylic acids is 1. The number of hydrogen-bond acceptors (Lipinski definition) is 4. The minimum absolute atomic E-state index is 0.00617. The Bertz CT molecular complexity index is 553. The summed E-state index contributed by atoms with van der Waals surface area (Å²) in [5.74, 6) is 0.0185. The molecule has 2 rings (SSSR count). The predicted octanol–water partition coefficient (Wildman–Crippen LogP) is 3.31. The second kappa shape index (κ2) is 7.14. The summed E-state index contributed by atoms with van der Waals surface area (Å²) in [5, 5.41) is 12.5. The SMILES string of the molecule is CC[C@@H](C)C(=O)Nc1nnc(CCc2ccccc2)s1. The van der Waals surface area contributed by atoms with Gasteiger partial charge in [-0.2, -0.15) is 0 Å². The van der Waals surface area contributed by atoms with Crippen LogP contribution in [0.15, 0.2) is 30.3 Å². The fourth-order valence-electron chi connectivity index (χ4n) is 1.72. The molecule has 0 aliphatic rings. The van der Waals surface area contributed by atoms with Gasteiger partial charge < -0.3 is 5.32 Å². The molecule has 1 N–H and O–H groups in total. The Morgan fingerprint density at radius 3 is 2.70 bits per heavy atom.